The van der Waals surface area contributed by atoms with E-state index in [0.717, 1.165) is 0 Å². The molecular weight excluding hydrogens is 175 g/mol. The van der Waals surface area contributed by atoms with E-state index in [9.17, 15) is 0 Å². The molecule has 8 heteroatoms. The Morgan fingerprint density at radius 2 is 0.889 bits per heavy atom. The smallest absolute Gasteiger partial charge is 0.652 e. The molecule has 0 spiro atoms. The van der Waals surface area contributed by atoms with Crippen molar-refractivity contribution in [2.45, 2.75) is 0 Å². The Balaban J connectivity index is -0.00000000450. The molecule has 0 aliphatic rings. The molecule has 0 fully saturated rings. The summed E-state index contributed by atoms with van der Waals surface area (Å²) in [7, 11) is 0. The average Bonchev–Trinajstić information content (AvgIpc) is 0.811. The summed E-state index contributed by atoms with van der Waals surface area (Å²) < 4.78 is 0. The van der Waals surface area contributed by atoms with E-state index in [2.05, 4.69) is 0 Å². The summed E-state index contributed by atoms with van der Waals surface area (Å²) in [6.45, 7) is 0. The van der Waals surface area contributed by atoms with Gasteiger partial charge in [0.2, 0.25) is 0 Å². The minimum Gasteiger partial charge on any atom is -0.652 e. The standard InChI is InChI=1S/CH2O3.4H3N.Ni/c2-1(3)4;;;;;/h(H2,2,3,4);4*1H3;/q;;;;;+2/p-2. The van der Waals surface area contributed by atoms with Crippen LogP contribution >= 0.6 is 0 Å². The fourth-order valence-corrected chi connectivity index (χ4v) is 0. The van der Waals surface area contributed by atoms with E-state index in [4.69, 9.17) is 15.0 Å². The molecule has 0 aromatic heterocycles. The van der Waals surface area contributed by atoms with E-state index >= 15 is 0 Å². The van der Waals surface area contributed by atoms with Crippen LogP contribution in [0.5, 0.6) is 0 Å². The van der Waals surface area contributed by atoms with Crippen LogP contribution in [0, 0.1) is 0 Å². The molecule has 7 nitrogen and oxygen atoms in total. The van der Waals surface area contributed by atoms with Gasteiger partial charge in [0.25, 0.3) is 0 Å². The van der Waals surface area contributed by atoms with Gasteiger partial charge in [0.15, 0.2) is 0 Å². The normalized spacial score (nSPS) is 2.67. The molecule has 64 valence electrons. The van der Waals surface area contributed by atoms with Gasteiger partial charge >= 0.3 is 16.5 Å². The summed E-state index contributed by atoms with van der Waals surface area (Å²) in [5, 5.41) is 16.7. The van der Waals surface area contributed by atoms with Crippen LogP contribution in [0.4, 0.5) is 4.79 Å². The predicted octanol–water partition coefficient (Wildman–Crippen LogP) is -1.80. The molecule has 0 atom stereocenters. The van der Waals surface area contributed by atoms with Gasteiger partial charge in [-0.3, -0.25) is 0 Å². The number of carbonyl (C=O) groups excluding carboxylic acids is 1. The van der Waals surface area contributed by atoms with Crippen LogP contribution in [0.15, 0.2) is 0 Å². The summed E-state index contributed by atoms with van der Waals surface area (Å²) in [5.74, 6) is 0. The van der Waals surface area contributed by atoms with Gasteiger partial charge in [0.05, 0.1) is 0 Å². The van der Waals surface area contributed by atoms with E-state index < -0.39 is 6.16 Å². The van der Waals surface area contributed by atoms with Crippen molar-refractivity contribution in [3.63, 3.8) is 0 Å². The van der Waals surface area contributed by atoms with Crippen molar-refractivity contribution in [1.29, 1.82) is 0 Å². The third-order valence-electron chi connectivity index (χ3n) is 0. The Hall–Kier alpha value is -0.396. The Morgan fingerprint density at radius 1 is 0.889 bits per heavy atom. The molecule has 0 saturated carbocycles. The van der Waals surface area contributed by atoms with Gasteiger partial charge < -0.3 is 39.6 Å². The number of rotatable bonds is 0. The molecule has 0 aliphatic carbocycles. The maximum Gasteiger partial charge on any atom is 2.00 e. The summed E-state index contributed by atoms with van der Waals surface area (Å²) >= 11 is 0. The van der Waals surface area contributed by atoms with Gasteiger partial charge in [-0.05, 0) is 6.16 Å². The third kappa shape index (κ3) is 1520. The summed E-state index contributed by atoms with van der Waals surface area (Å²) in [6.07, 6.45) is -2.33. The molecule has 0 rings (SSSR count). The fourth-order valence-electron chi connectivity index (χ4n) is 0. The Kier molecular flexibility index (Phi) is 399. The van der Waals surface area contributed by atoms with Gasteiger partial charge in [-0.15, -0.1) is 0 Å². The van der Waals surface area contributed by atoms with Crippen LogP contribution in [-0.4, -0.2) is 6.16 Å². The SMILES string of the molecule is N.N.N.N.O=C([O-])[O-].[Ni+2]. The molecule has 0 aliphatic heterocycles. The molecule has 9 heavy (non-hydrogen) atoms. The van der Waals surface area contributed by atoms with Crippen LogP contribution in [0.2, 0.25) is 0 Å². The van der Waals surface area contributed by atoms with Crippen LogP contribution < -0.4 is 34.8 Å². The van der Waals surface area contributed by atoms with Crippen LogP contribution in [0.25, 0.3) is 0 Å². The van der Waals surface area contributed by atoms with Crippen LogP contribution in [0.3, 0.4) is 0 Å². The minimum absolute atomic E-state index is 0. The zero-order valence-corrected chi connectivity index (χ0v) is 5.86. The largest absolute Gasteiger partial charge is 2.00 e. The molecular formula is CH12N4NiO3. The maximum absolute atomic E-state index is 8.33. The number of hydrogen-bond acceptors (Lipinski definition) is 7. The molecule has 0 aromatic rings. The van der Waals surface area contributed by atoms with E-state index in [1.165, 1.54) is 0 Å². The van der Waals surface area contributed by atoms with E-state index in [-0.39, 0.29) is 41.1 Å². The first-order valence-electron chi connectivity index (χ1n) is 0.612. The van der Waals surface area contributed by atoms with Crippen molar-refractivity contribution in [2.24, 2.45) is 0 Å². The number of carboxylic acid groups (broad SMARTS) is 2. The molecule has 0 saturated heterocycles. The first kappa shape index (κ1) is 73.4. The molecule has 12 N–H and O–H groups in total. The van der Waals surface area contributed by atoms with Crippen molar-refractivity contribution in [1.82, 2.24) is 24.6 Å². The summed E-state index contributed by atoms with van der Waals surface area (Å²) in [4.78, 5) is 8.33. The maximum atomic E-state index is 8.33. The van der Waals surface area contributed by atoms with Crippen molar-refractivity contribution in [3.8, 4) is 0 Å². The minimum atomic E-state index is -2.33. The predicted molar refractivity (Wildman–Crippen MR) is 25.5 cm³/mol. The van der Waals surface area contributed by atoms with Crippen LogP contribution in [0.1, 0.15) is 0 Å². The monoisotopic (exact) mass is 186 g/mol. The fraction of sp³-hybridized carbons (Fsp3) is 0. The number of hydrogen-bond donors (Lipinski definition) is 4. The average molecular weight is 187 g/mol. The van der Waals surface area contributed by atoms with Gasteiger partial charge in [-0.2, -0.15) is 0 Å². The zero-order chi connectivity index (χ0) is 3.58. The third-order valence-corrected chi connectivity index (χ3v) is 0. The first-order valence-corrected chi connectivity index (χ1v) is 0.612. The molecule has 0 unspecified atom stereocenters. The van der Waals surface area contributed by atoms with E-state index in [1.54, 1.807) is 0 Å². The van der Waals surface area contributed by atoms with Crippen molar-refractivity contribution < 1.29 is 31.5 Å². The van der Waals surface area contributed by atoms with Gasteiger partial charge in [-0.1, -0.05) is 0 Å². The second-order valence-electron chi connectivity index (χ2n) is 0.250. The van der Waals surface area contributed by atoms with Crippen LogP contribution in [-0.2, 0) is 16.5 Å². The second-order valence-corrected chi connectivity index (χ2v) is 0.250. The molecule has 0 heterocycles. The topological polar surface area (TPSA) is 203 Å². The molecule has 0 radical (unpaired) electrons. The van der Waals surface area contributed by atoms with E-state index in [1.807, 2.05) is 0 Å². The Bertz CT molecular complexity index is 38.8. The molecule has 0 bridgehead atoms. The van der Waals surface area contributed by atoms with Crippen molar-refractivity contribution in [3.05, 3.63) is 0 Å². The Labute approximate surface area is 63.1 Å². The molecule has 0 amide bonds. The van der Waals surface area contributed by atoms with Crippen molar-refractivity contribution in [2.75, 3.05) is 0 Å². The van der Waals surface area contributed by atoms with Gasteiger partial charge in [0, 0.05) is 0 Å². The quantitative estimate of drug-likeness (QED) is 0.319. The Morgan fingerprint density at radius 3 is 0.889 bits per heavy atom. The van der Waals surface area contributed by atoms with Crippen molar-refractivity contribution >= 4 is 6.16 Å². The van der Waals surface area contributed by atoms with Gasteiger partial charge in [-0.25, -0.2) is 0 Å². The summed E-state index contributed by atoms with van der Waals surface area (Å²) in [6, 6.07) is 0. The van der Waals surface area contributed by atoms with Gasteiger partial charge in [0.1, 0.15) is 0 Å². The first-order chi connectivity index (χ1) is 1.73. The number of carbonyl (C=O) groups is 1. The second kappa shape index (κ2) is 48.9. The summed E-state index contributed by atoms with van der Waals surface area (Å²) in [5.41, 5.74) is 0. The van der Waals surface area contributed by atoms with E-state index in [0.29, 0.717) is 0 Å². The zero-order valence-electron chi connectivity index (χ0n) is 4.87. The molecule has 0 aromatic carbocycles.